The van der Waals surface area contributed by atoms with Crippen LogP contribution in [0.1, 0.15) is 44.2 Å². The lowest BCUT2D eigenvalue weighted by Gasteiger charge is -2.34. The lowest BCUT2D eigenvalue weighted by molar-refractivity contribution is 0.252. The molecule has 104 valence electrons. The number of hydrogen-bond acceptors (Lipinski definition) is 2. The molecule has 2 heterocycles. The molecule has 0 saturated carbocycles. The minimum atomic E-state index is 0.371. The van der Waals surface area contributed by atoms with Crippen LogP contribution in [0.25, 0.3) is 0 Å². The Morgan fingerprint density at radius 3 is 3.00 bits per heavy atom. The van der Waals surface area contributed by atoms with Gasteiger partial charge in [-0.1, -0.05) is 26.0 Å². The van der Waals surface area contributed by atoms with Gasteiger partial charge in [0.1, 0.15) is 5.75 Å². The Morgan fingerprint density at radius 1 is 1.37 bits per heavy atom. The van der Waals surface area contributed by atoms with E-state index in [9.17, 15) is 0 Å². The third-order valence-electron chi connectivity index (χ3n) is 5.00. The number of nitrogens with one attached hydrogen (secondary N) is 1. The Kier molecular flexibility index (Phi) is 3.53. The van der Waals surface area contributed by atoms with Crippen molar-refractivity contribution in [2.45, 2.75) is 51.5 Å². The lowest BCUT2D eigenvalue weighted by atomic mass is 9.80. The molecule has 0 radical (unpaired) electrons. The average Bonchev–Trinajstić information content (AvgIpc) is 3.05. The first-order valence-corrected chi connectivity index (χ1v) is 7.69. The van der Waals surface area contributed by atoms with Gasteiger partial charge in [0, 0.05) is 12.0 Å². The Bertz CT molecular complexity index is 447. The van der Waals surface area contributed by atoms with E-state index in [0.717, 1.165) is 18.8 Å². The minimum Gasteiger partial charge on any atom is -0.493 e. The molecule has 1 aromatic rings. The van der Waals surface area contributed by atoms with E-state index >= 15 is 0 Å². The molecule has 2 nitrogen and oxygen atoms in total. The van der Waals surface area contributed by atoms with Crippen LogP contribution in [0.15, 0.2) is 18.2 Å². The van der Waals surface area contributed by atoms with Gasteiger partial charge in [-0.2, -0.15) is 0 Å². The van der Waals surface area contributed by atoms with Crippen molar-refractivity contribution in [2.75, 3.05) is 13.2 Å². The van der Waals surface area contributed by atoms with Gasteiger partial charge in [0.15, 0.2) is 0 Å². The topological polar surface area (TPSA) is 21.3 Å². The highest BCUT2D eigenvalue weighted by atomic mass is 16.5. The van der Waals surface area contributed by atoms with Crippen LogP contribution in [0, 0.1) is 5.92 Å². The summed E-state index contributed by atoms with van der Waals surface area (Å²) in [5.74, 6) is 1.81. The predicted octanol–water partition coefficient (Wildman–Crippen LogP) is 3.33. The molecule has 2 aliphatic rings. The average molecular weight is 259 g/mol. The fraction of sp³-hybridized carbons (Fsp3) is 0.647. The van der Waals surface area contributed by atoms with E-state index < -0.39 is 0 Å². The second kappa shape index (κ2) is 5.16. The molecule has 3 rings (SSSR count). The number of hydrogen-bond donors (Lipinski definition) is 1. The van der Waals surface area contributed by atoms with Crippen LogP contribution in [-0.4, -0.2) is 18.7 Å². The molecule has 0 aromatic heterocycles. The zero-order chi connectivity index (χ0) is 13.3. The van der Waals surface area contributed by atoms with Crippen molar-refractivity contribution in [1.82, 2.24) is 5.32 Å². The van der Waals surface area contributed by atoms with E-state index in [1.807, 2.05) is 0 Å². The molecule has 1 N–H and O–H groups in total. The van der Waals surface area contributed by atoms with E-state index in [1.54, 1.807) is 0 Å². The number of ether oxygens (including phenoxy) is 1. The largest absolute Gasteiger partial charge is 0.493 e. The Morgan fingerprint density at radius 2 is 2.26 bits per heavy atom. The molecule has 1 atom stereocenters. The molecule has 0 aliphatic carbocycles. The SMILES string of the molecule is CC(C)C1(CCc2ccc3c(c2)CCO3)CCCN1. The maximum Gasteiger partial charge on any atom is 0.122 e. The monoisotopic (exact) mass is 259 g/mol. The quantitative estimate of drug-likeness (QED) is 0.895. The van der Waals surface area contributed by atoms with Gasteiger partial charge in [-0.15, -0.1) is 0 Å². The van der Waals surface area contributed by atoms with Crippen LogP contribution >= 0.6 is 0 Å². The Hall–Kier alpha value is -1.02. The van der Waals surface area contributed by atoms with E-state index in [0.29, 0.717) is 11.5 Å². The summed E-state index contributed by atoms with van der Waals surface area (Å²) in [5.41, 5.74) is 3.24. The highest BCUT2D eigenvalue weighted by molar-refractivity contribution is 5.39. The predicted molar refractivity (Wildman–Crippen MR) is 78.8 cm³/mol. The van der Waals surface area contributed by atoms with E-state index in [2.05, 4.69) is 37.4 Å². The number of fused-ring (bicyclic) bond motifs is 1. The third kappa shape index (κ3) is 2.51. The minimum absolute atomic E-state index is 0.371. The van der Waals surface area contributed by atoms with Gasteiger partial charge in [0.25, 0.3) is 0 Å². The fourth-order valence-electron chi connectivity index (χ4n) is 3.59. The molecule has 2 heteroatoms. The summed E-state index contributed by atoms with van der Waals surface area (Å²) in [5, 5.41) is 3.77. The molecule has 2 aliphatic heterocycles. The summed E-state index contributed by atoms with van der Waals surface area (Å²) in [4.78, 5) is 0. The second-order valence-electron chi connectivity index (χ2n) is 6.38. The van der Waals surface area contributed by atoms with Crippen molar-refractivity contribution in [2.24, 2.45) is 5.92 Å². The third-order valence-corrected chi connectivity index (χ3v) is 5.00. The first-order chi connectivity index (χ1) is 9.20. The van der Waals surface area contributed by atoms with Crippen molar-refractivity contribution in [3.63, 3.8) is 0 Å². The van der Waals surface area contributed by atoms with Gasteiger partial charge >= 0.3 is 0 Å². The molecule has 0 amide bonds. The molecule has 19 heavy (non-hydrogen) atoms. The summed E-state index contributed by atoms with van der Waals surface area (Å²) in [6.07, 6.45) is 6.18. The molecule has 1 saturated heterocycles. The molecule has 1 fully saturated rings. The standard InChI is InChI=1S/C17H25NO/c1-13(2)17(8-3-10-18-17)9-6-14-4-5-16-15(12-14)7-11-19-16/h4-5,12-13,18H,3,6-11H2,1-2H3. The zero-order valence-electron chi connectivity index (χ0n) is 12.2. The normalized spacial score (nSPS) is 25.6. The van der Waals surface area contributed by atoms with Crippen molar-refractivity contribution >= 4 is 0 Å². The Labute approximate surface area is 116 Å². The van der Waals surface area contributed by atoms with E-state index in [-0.39, 0.29) is 0 Å². The van der Waals surface area contributed by atoms with Crippen molar-refractivity contribution < 1.29 is 4.74 Å². The second-order valence-corrected chi connectivity index (χ2v) is 6.38. The number of benzene rings is 1. The number of aryl methyl sites for hydroxylation is 1. The van der Waals surface area contributed by atoms with Gasteiger partial charge in [-0.05, 0) is 55.3 Å². The van der Waals surface area contributed by atoms with Crippen LogP contribution in [0.5, 0.6) is 5.75 Å². The van der Waals surface area contributed by atoms with Crippen LogP contribution in [-0.2, 0) is 12.8 Å². The molecular weight excluding hydrogens is 234 g/mol. The Balaban J connectivity index is 1.68. The molecule has 1 aromatic carbocycles. The summed E-state index contributed by atoms with van der Waals surface area (Å²) in [6.45, 7) is 6.76. The maximum absolute atomic E-state index is 5.58. The van der Waals surface area contributed by atoms with Gasteiger partial charge < -0.3 is 10.1 Å². The lowest BCUT2D eigenvalue weighted by Crippen LogP contribution is -2.45. The fourth-order valence-corrected chi connectivity index (χ4v) is 3.59. The molecular formula is C17H25NO. The van der Waals surface area contributed by atoms with E-state index in [1.165, 1.54) is 43.4 Å². The van der Waals surface area contributed by atoms with Crippen LogP contribution in [0.4, 0.5) is 0 Å². The smallest absolute Gasteiger partial charge is 0.122 e. The molecule has 0 bridgehead atoms. The van der Waals surface area contributed by atoms with Crippen molar-refractivity contribution in [1.29, 1.82) is 0 Å². The van der Waals surface area contributed by atoms with Gasteiger partial charge in [0.05, 0.1) is 6.61 Å². The van der Waals surface area contributed by atoms with Crippen LogP contribution in [0.3, 0.4) is 0 Å². The molecule has 1 unspecified atom stereocenters. The van der Waals surface area contributed by atoms with Crippen molar-refractivity contribution in [3.05, 3.63) is 29.3 Å². The van der Waals surface area contributed by atoms with Gasteiger partial charge in [-0.25, -0.2) is 0 Å². The highest BCUT2D eigenvalue weighted by Crippen LogP contribution is 2.33. The van der Waals surface area contributed by atoms with Crippen LogP contribution < -0.4 is 10.1 Å². The van der Waals surface area contributed by atoms with E-state index in [4.69, 9.17) is 4.74 Å². The number of rotatable bonds is 4. The summed E-state index contributed by atoms with van der Waals surface area (Å²) in [6, 6.07) is 6.75. The molecule has 0 spiro atoms. The van der Waals surface area contributed by atoms with Crippen molar-refractivity contribution in [3.8, 4) is 5.75 Å². The van der Waals surface area contributed by atoms with Crippen LogP contribution in [0.2, 0.25) is 0 Å². The summed E-state index contributed by atoms with van der Waals surface area (Å²) >= 11 is 0. The van der Waals surface area contributed by atoms with Gasteiger partial charge in [-0.3, -0.25) is 0 Å². The van der Waals surface area contributed by atoms with Gasteiger partial charge in [0.2, 0.25) is 0 Å². The first-order valence-electron chi connectivity index (χ1n) is 7.69. The first kappa shape index (κ1) is 13.0. The maximum atomic E-state index is 5.58. The summed E-state index contributed by atoms with van der Waals surface area (Å²) in [7, 11) is 0. The summed E-state index contributed by atoms with van der Waals surface area (Å²) < 4.78 is 5.58. The highest BCUT2D eigenvalue weighted by Gasteiger charge is 2.35. The zero-order valence-corrected chi connectivity index (χ0v) is 12.2.